The molecule has 3 N–H and O–H groups in total. The molecule has 0 spiro atoms. The molecule has 0 amide bonds. The highest BCUT2D eigenvalue weighted by atomic mass is 16.6. The lowest BCUT2D eigenvalue weighted by Gasteiger charge is -2.38. The molecule has 0 unspecified atom stereocenters. The van der Waals surface area contributed by atoms with E-state index in [1.807, 2.05) is 0 Å². The van der Waals surface area contributed by atoms with Crippen LogP contribution in [0.2, 0.25) is 0 Å². The predicted molar refractivity (Wildman–Crippen MR) is 97.6 cm³/mol. The zero-order valence-corrected chi connectivity index (χ0v) is 16.1. The molecule has 1 heterocycles. The van der Waals surface area contributed by atoms with Crippen LogP contribution in [0.1, 0.15) is 48.5 Å². The van der Waals surface area contributed by atoms with E-state index in [2.05, 4.69) is 10.3 Å². The fourth-order valence-electron chi connectivity index (χ4n) is 1.69. The lowest BCUT2D eigenvalue weighted by molar-refractivity contribution is -0.152. The normalized spacial score (nSPS) is 12.7. The fraction of sp³-hybridized carbons (Fsp3) is 0.647. The molecule has 0 saturated carbocycles. The number of anilines is 1. The van der Waals surface area contributed by atoms with Gasteiger partial charge in [0.25, 0.3) is 0 Å². The summed E-state index contributed by atoms with van der Waals surface area (Å²) < 4.78 is 10.7. The number of pyridine rings is 1. The van der Waals surface area contributed by atoms with Crippen LogP contribution in [0.5, 0.6) is 0 Å². The molecule has 8 heteroatoms. The first-order valence-corrected chi connectivity index (χ1v) is 8.21. The Morgan fingerprint density at radius 2 is 1.80 bits per heavy atom. The van der Waals surface area contributed by atoms with Gasteiger partial charge in [-0.3, -0.25) is 4.79 Å². The Labute approximate surface area is 149 Å². The summed E-state index contributed by atoms with van der Waals surface area (Å²) in [4.78, 5) is 15.8. The molecule has 1 aromatic heterocycles. The summed E-state index contributed by atoms with van der Waals surface area (Å²) in [6.07, 6.45) is 1.45. The SMILES string of the molecule is CC(C)(C)OC(=O)CNc1ccc(B(O)OC(C)(C)C(C)(C)O)cn1. The lowest BCUT2D eigenvalue weighted by Crippen LogP contribution is -2.53. The second-order valence-electron chi connectivity index (χ2n) is 7.96. The predicted octanol–water partition coefficient (Wildman–Crippen LogP) is 1.09. The summed E-state index contributed by atoms with van der Waals surface area (Å²) in [5.41, 5.74) is -2.18. The van der Waals surface area contributed by atoms with Gasteiger partial charge in [-0.25, -0.2) is 4.98 Å². The lowest BCUT2D eigenvalue weighted by atomic mass is 9.77. The molecular formula is C17H29BN2O5. The Bertz CT molecular complexity index is 576. The van der Waals surface area contributed by atoms with Crippen LogP contribution in [0.3, 0.4) is 0 Å². The standard InChI is InChI=1S/C17H29BN2O5/c1-15(2,3)24-14(21)11-20-13-9-8-12(10-19-13)18(23)25-17(6,7)16(4,5)22/h8-10,22-23H,11H2,1-7H3,(H,19,20). The van der Waals surface area contributed by atoms with E-state index in [-0.39, 0.29) is 12.5 Å². The van der Waals surface area contributed by atoms with Crippen molar-refractivity contribution in [3.8, 4) is 0 Å². The number of hydrogen-bond donors (Lipinski definition) is 3. The summed E-state index contributed by atoms with van der Waals surface area (Å²) in [6.45, 7) is 12.0. The molecule has 0 atom stereocenters. The van der Waals surface area contributed by atoms with Gasteiger partial charge in [-0.2, -0.15) is 0 Å². The molecule has 0 aliphatic rings. The van der Waals surface area contributed by atoms with Gasteiger partial charge in [0.05, 0.1) is 11.2 Å². The van der Waals surface area contributed by atoms with Crippen molar-refractivity contribution in [2.75, 3.05) is 11.9 Å². The van der Waals surface area contributed by atoms with Gasteiger partial charge < -0.3 is 24.8 Å². The van der Waals surface area contributed by atoms with Gasteiger partial charge in [-0.1, -0.05) is 6.07 Å². The number of carbonyl (C=O) groups excluding carboxylic acids is 1. The number of hydrogen-bond acceptors (Lipinski definition) is 7. The second-order valence-corrected chi connectivity index (χ2v) is 7.96. The van der Waals surface area contributed by atoms with Crippen molar-refractivity contribution in [3.05, 3.63) is 18.3 Å². The van der Waals surface area contributed by atoms with Crippen molar-refractivity contribution in [1.82, 2.24) is 4.98 Å². The molecular weight excluding hydrogens is 323 g/mol. The monoisotopic (exact) mass is 352 g/mol. The highest BCUT2D eigenvalue weighted by Gasteiger charge is 2.39. The molecule has 0 aliphatic heterocycles. The van der Waals surface area contributed by atoms with Gasteiger partial charge in [0, 0.05) is 11.7 Å². The Balaban J connectivity index is 2.63. The summed E-state index contributed by atoms with van der Waals surface area (Å²) in [7, 11) is -1.23. The van der Waals surface area contributed by atoms with Crippen molar-refractivity contribution in [2.45, 2.75) is 65.3 Å². The smallest absolute Gasteiger partial charge is 0.459 e. The minimum absolute atomic E-state index is 0.00555. The number of aromatic nitrogens is 1. The highest BCUT2D eigenvalue weighted by Crippen LogP contribution is 2.25. The van der Waals surface area contributed by atoms with Gasteiger partial charge in [0.1, 0.15) is 18.0 Å². The number of ether oxygens (including phenoxy) is 1. The Kier molecular flexibility index (Phi) is 6.61. The van der Waals surface area contributed by atoms with E-state index < -0.39 is 23.9 Å². The van der Waals surface area contributed by atoms with E-state index in [0.29, 0.717) is 11.3 Å². The minimum Gasteiger partial charge on any atom is -0.459 e. The van der Waals surface area contributed by atoms with Crippen LogP contribution in [0.4, 0.5) is 5.82 Å². The van der Waals surface area contributed by atoms with E-state index >= 15 is 0 Å². The Hall–Kier alpha value is -1.64. The summed E-state index contributed by atoms with van der Waals surface area (Å²) in [5, 5.41) is 23.1. The van der Waals surface area contributed by atoms with Crippen LogP contribution in [-0.4, -0.2) is 51.6 Å². The van der Waals surface area contributed by atoms with Crippen molar-refractivity contribution < 1.29 is 24.3 Å². The number of rotatable bonds is 7. The summed E-state index contributed by atoms with van der Waals surface area (Å²) in [5.74, 6) is 0.0947. The van der Waals surface area contributed by atoms with E-state index in [1.54, 1.807) is 60.6 Å². The molecule has 0 radical (unpaired) electrons. The maximum atomic E-state index is 11.7. The van der Waals surface area contributed by atoms with Gasteiger partial charge in [-0.15, -0.1) is 0 Å². The Morgan fingerprint density at radius 1 is 1.20 bits per heavy atom. The van der Waals surface area contributed by atoms with Crippen molar-refractivity contribution in [1.29, 1.82) is 0 Å². The van der Waals surface area contributed by atoms with E-state index in [0.717, 1.165) is 0 Å². The van der Waals surface area contributed by atoms with Crippen LogP contribution in [0.15, 0.2) is 18.3 Å². The largest absolute Gasteiger partial charge is 0.493 e. The maximum absolute atomic E-state index is 11.7. The fourth-order valence-corrected chi connectivity index (χ4v) is 1.69. The molecule has 1 rings (SSSR count). The van der Waals surface area contributed by atoms with E-state index in [9.17, 15) is 14.9 Å². The molecule has 140 valence electrons. The third kappa shape index (κ3) is 7.01. The van der Waals surface area contributed by atoms with Crippen LogP contribution in [0.25, 0.3) is 0 Å². The first-order valence-electron chi connectivity index (χ1n) is 8.21. The average Bonchev–Trinajstić information content (AvgIpc) is 2.42. The number of nitrogens with zero attached hydrogens (tertiary/aromatic N) is 1. The highest BCUT2D eigenvalue weighted by molar-refractivity contribution is 6.60. The van der Waals surface area contributed by atoms with Crippen LogP contribution in [0, 0.1) is 0 Å². The topological polar surface area (TPSA) is 101 Å². The summed E-state index contributed by atoms with van der Waals surface area (Å²) >= 11 is 0. The molecule has 25 heavy (non-hydrogen) atoms. The zero-order valence-electron chi connectivity index (χ0n) is 16.1. The number of aliphatic hydroxyl groups is 1. The molecule has 0 saturated heterocycles. The van der Waals surface area contributed by atoms with Crippen molar-refractivity contribution in [2.24, 2.45) is 0 Å². The quantitative estimate of drug-likeness (QED) is 0.499. The van der Waals surface area contributed by atoms with Crippen molar-refractivity contribution in [3.63, 3.8) is 0 Å². The zero-order chi connectivity index (χ0) is 19.5. The number of esters is 1. The number of carbonyl (C=O) groups is 1. The van der Waals surface area contributed by atoms with Gasteiger partial charge in [0.15, 0.2) is 0 Å². The maximum Gasteiger partial charge on any atom is 0.493 e. The van der Waals surface area contributed by atoms with Gasteiger partial charge in [0.2, 0.25) is 0 Å². The molecule has 0 aromatic carbocycles. The number of nitrogens with one attached hydrogen (secondary N) is 1. The van der Waals surface area contributed by atoms with Crippen LogP contribution >= 0.6 is 0 Å². The minimum atomic E-state index is -1.23. The molecule has 7 nitrogen and oxygen atoms in total. The van der Waals surface area contributed by atoms with Gasteiger partial charge >= 0.3 is 13.1 Å². The van der Waals surface area contributed by atoms with Gasteiger partial charge in [-0.05, 0) is 54.5 Å². The molecule has 0 bridgehead atoms. The molecule has 0 aliphatic carbocycles. The second kappa shape index (κ2) is 7.72. The molecule has 1 aromatic rings. The first-order chi connectivity index (χ1) is 11.2. The van der Waals surface area contributed by atoms with E-state index in [4.69, 9.17) is 9.39 Å². The molecule has 0 fully saturated rings. The Morgan fingerprint density at radius 3 is 2.24 bits per heavy atom. The third-order valence-corrected chi connectivity index (χ3v) is 3.79. The average molecular weight is 352 g/mol. The van der Waals surface area contributed by atoms with Crippen LogP contribution < -0.4 is 10.8 Å². The van der Waals surface area contributed by atoms with Crippen LogP contribution in [-0.2, 0) is 14.2 Å². The summed E-state index contributed by atoms with van der Waals surface area (Å²) in [6, 6.07) is 3.26. The van der Waals surface area contributed by atoms with Crippen molar-refractivity contribution >= 4 is 24.4 Å². The van der Waals surface area contributed by atoms with E-state index in [1.165, 1.54) is 6.20 Å². The third-order valence-electron chi connectivity index (χ3n) is 3.79. The first kappa shape index (κ1) is 21.4.